The molecule has 2 aromatic carbocycles. The number of anilines is 1. The van der Waals surface area contributed by atoms with Crippen LogP contribution in [0, 0.1) is 6.92 Å². The van der Waals surface area contributed by atoms with Crippen molar-refractivity contribution >= 4 is 17.3 Å². The number of benzene rings is 2. The number of halogens is 1. The zero-order valence-electron chi connectivity index (χ0n) is 9.20. The van der Waals surface area contributed by atoms with E-state index in [4.69, 9.17) is 17.3 Å². The van der Waals surface area contributed by atoms with E-state index in [1.807, 2.05) is 43.3 Å². The molecular weight excluding hydrogens is 218 g/mol. The van der Waals surface area contributed by atoms with Crippen molar-refractivity contribution in [2.24, 2.45) is 0 Å². The Hall–Kier alpha value is -1.47. The lowest BCUT2D eigenvalue weighted by Gasteiger charge is -2.08. The lowest BCUT2D eigenvalue weighted by atomic mass is 10.0. The van der Waals surface area contributed by atoms with Crippen molar-refractivity contribution in [2.45, 2.75) is 13.3 Å². The Kier molecular flexibility index (Phi) is 3.16. The maximum atomic E-state index is 6.03. The van der Waals surface area contributed by atoms with E-state index in [0.717, 1.165) is 22.7 Å². The standard InChI is InChI=1S/C14H14ClN/c1-10-3-2-4-12(14(10)16)9-11-5-7-13(15)8-6-11/h2-8H,9,16H2,1H3. The minimum Gasteiger partial charge on any atom is -0.398 e. The summed E-state index contributed by atoms with van der Waals surface area (Å²) in [5.74, 6) is 0. The fraction of sp³-hybridized carbons (Fsp3) is 0.143. The maximum absolute atomic E-state index is 6.03. The molecule has 1 nitrogen and oxygen atoms in total. The molecule has 82 valence electrons. The van der Waals surface area contributed by atoms with E-state index in [1.165, 1.54) is 11.1 Å². The second-order valence-corrected chi connectivity index (χ2v) is 4.39. The third-order valence-electron chi connectivity index (χ3n) is 2.72. The third-order valence-corrected chi connectivity index (χ3v) is 2.97. The highest BCUT2D eigenvalue weighted by Crippen LogP contribution is 2.20. The SMILES string of the molecule is Cc1cccc(Cc2ccc(Cl)cc2)c1N. The average Bonchev–Trinajstić information content (AvgIpc) is 2.28. The predicted octanol–water partition coefficient (Wildman–Crippen LogP) is 3.82. The molecule has 0 fully saturated rings. The van der Waals surface area contributed by atoms with Crippen LogP contribution in [0.2, 0.25) is 5.02 Å². The normalized spacial score (nSPS) is 10.4. The van der Waals surface area contributed by atoms with Crippen LogP contribution in [0.4, 0.5) is 5.69 Å². The third kappa shape index (κ3) is 2.37. The van der Waals surface area contributed by atoms with Crippen molar-refractivity contribution in [1.29, 1.82) is 0 Å². The highest BCUT2D eigenvalue weighted by Gasteiger charge is 2.02. The number of nitrogen functional groups attached to an aromatic ring is 1. The van der Waals surface area contributed by atoms with E-state index >= 15 is 0 Å². The van der Waals surface area contributed by atoms with Crippen LogP contribution in [0.25, 0.3) is 0 Å². The average molecular weight is 232 g/mol. The highest BCUT2D eigenvalue weighted by atomic mass is 35.5. The first-order valence-electron chi connectivity index (χ1n) is 5.25. The van der Waals surface area contributed by atoms with Gasteiger partial charge in [0.2, 0.25) is 0 Å². The Morgan fingerprint density at radius 2 is 1.75 bits per heavy atom. The van der Waals surface area contributed by atoms with Gasteiger partial charge in [-0.1, -0.05) is 41.9 Å². The van der Waals surface area contributed by atoms with Crippen LogP contribution in [0.5, 0.6) is 0 Å². The van der Waals surface area contributed by atoms with E-state index in [0.29, 0.717) is 0 Å². The second kappa shape index (κ2) is 4.58. The quantitative estimate of drug-likeness (QED) is 0.782. The highest BCUT2D eigenvalue weighted by molar-refractivity contribution is 6.30. The summed E-state index contributed by atoms with van der Waals surface area (Å²) in [4.78, 5) is 0. The number of hydrogen-bond acceptors (Lipinski definition) is 1. The monoisotopic (exact) mass is 231 g/mol. The van der Waals surface area contributed by atoms with E-state index in [9.17, 15) is 0 Å². The molecule has 0 bridgehead atoms. The molecular formula is C14H14ClN. The topological polar surface area (TPSA) is 26.0 Å². The summed E-state index contributed by atoms with van der Waals surface area (Å²) in [5, 5.41) is 0.765. The van der Waals surface area contributed by atoms with Gasteiger partial charge in [-0.2, -0.15) is 0 Å². The summed E-state index contributed by atoms with van der Waals surface area (Å²) in [5.41, 5.74) is 10.4. The van der Waals surface area contributed by atoms with Gasteiger partial charge in [0, 0.05) is 10.7 Å². The molecule has 2 aromatic rings. The molecule has 0 saturated heterocycles. The molecule has 2 heteroatoms. The number of aryl methyl sites for hydroxylation is 1. The molecule has 0 radical (unpaired) electrons. The van der Waals surface area contributed by atoms with E-state index in [1.54, 1.807) is 0 Å². The summed E-state index contributed by atoms with van der Waals surface area (Å²) >= 11 is 5.85. The lowest BCUT2D eigenvalue weighted by molar-refractivity contribution is 1.19. The van der Waals surface area contributed by atoms with E-state index in [2.05, 4.69) is 6.07 Å². The molecule has 2 N–H and O–H groups in total. The maximum Gasteiger partial charge on any atom is 0.0406 e. The van der Waals surface area contributed by atoms with Crippen LogP contribution in [0.1, 0.15) is 16.7 Å². The van der Waals surface area contributed by atoms with Gasteiger partial charge >= 0.3 is 0 Å². The van der Waals surface area contributed by atoms with Gasteiger partial charge in [-0.15, -0.1) is 0 Å². The van der Waals surface area contributed by atoms with Gasteiger partial charge in [0.25, 0.3) is 0 Å². The van der Waals surface area contributed by atoms with Crippen LogP contribution in [0.3, 0.4) is 0 Å². The number of para-hydroxylation sites is 1. The first kappa shape index (κ1) is 11.0. The number of rotatable bonds is 2. The zero-order chi connectivity index (χ0) is 11.5. The smallest absolute Gasteiger partial charge is 0.0406 e. The van der Waals surface area contributed by atoms with Crippen LogP contribution >= 0.6 is 11.6 Å². The van der Waals surface area contributed by atoms with Crippen molar-refractivity contribution in [3.63, 3.8) is 0 Å². The van der Waals surface area contributed by atoms with Crippen molar-refractivity contribution in [2.75, 3.05) is 5.73 Å². The van der Waals surface area contributed by atoms with Crippen molar-refractivity contribution in [1.82, 2.24) is 0 Å². The number of nitrogens with two attached hydrogens (primary N) is 1. The molecule has 0 atom stereocenters. The first-order chi connectivity index (χ1) is 7.66. The summed E-state index contributed by atoms with van der Waals surface area (Å²) in [7, 11) is 0. The summed E-state index contributed by atoms with van der Waals surface area (Å²) < 4.78 is 0. The van der Waals surface area contributed by atoms with Crippen molar-refractivity contribution < 1.29 is 0 Å². The fourth-order valence-corrected chi connectivity index (χ4v) is 1.84. The Labute approximate surface area is 101 Å². The molecule has 0 aromatic heterocycles. The Morgan fingerprint density at radius 3 is 2.44 bits per heavy atom. The van der Waals surface area contributed by atoms with Crippen LogP contribution in [0.15, 0.2) is 42.5 Å². The molecule has 2 rings (SSSR count). The first-order valence-corrected chi connectivity index (χ1v) is 5.63. The Balaban J connectivity index is 2.27. The van der Waals surface area contributed by atoms with E-state index in [-0.39, 0.29) is 0 Å². The minimum absolute atomic E-state index is 0.765. The molecule has 0 amide bonds. The van der Waals surface area contributed by atoms with Gasteiger partial charge in [-0.25, -0.2) is 0 Å². The molecule has 0 saturated carbocycles. The summed E-state index contributed by atoms with van der Waals surface area (Å²) in [6.45, 7) is 2.03. The van der Waals surface area contributed by atoms with Crippen molar-refractivity contribution in [3.05, 3.63) is 64.2 Å². The summed E-state index contributed by atoms with van der Waals surface area (Å²) in [6.07, 6.45) is 0.852. The predicted molar refractivity (Wildman–Crippen MR) is 69.8 cm³/mol. The van der Waals surface area contributed by atoms with Gasteiger partial charge in [-0.05, 0) is 42.2 Å². The molecule has 16 heavy (non-hydrogen) atoms. The van der Waals surface area contributed by atoms with Crippen LogP contribution in [-0.4, -0.2) is 0 Å². The zero-order valence-corrected chi connectivity index (χ0v) is 9.96. The van der Waals surface area contributed by atoms with Gasteiger partial charge < -0.3 is 5.73 Å². The van der Waals surface area contributed by atoms with Gasteiger partial charge in [-0.3, -0.25) is 0 Å². The molecule has 0 aliphatic rings. The van der Waals surface area contributed by atoms with Gasteiger partial charge in [0.15, 0.2) is 0 Å². The van der Waals surface area contributed by atoms with Crippen LogP contribution in [-0.2, 0) is 6.42 Å². The molecule has 0 aliphatic carbocycles. The Bertz CT molecular complexity index is 489. The number of hydrogen-bond donors (Lipinski definition) is 1. The molecule has 0 unspecified atom stereocenters. The molecule has 0 heterocycles. The van der Waals surface area contributed by atoms with Gasteiger partial charge in [0.05, 0.1) is 0 Å². The molecule has 0 aliphatic heterocycles. The Morgan fingerprint density at radius 1 is 1.06 bits per heavy atom. The van der Waals surface area contributed by atoms with Gasteiger partial charge in [0.1, 0.15) is 0 Å². The lowest BCUT2D eigenvalue weighted by Crippen LogP contribution is -1.97. The minimum atomic E-state index is 0.765. The van der Waals surface area contributed by atoms with E-state index < -0.39 is 0 Å². The van der Waals surface area contributed by atoms with Crippen molar-refractivity contribution in [3.8, 4) is 0 Å². The fourth-order valence-electron chi connectivity index (χ4n) is 1.72. The van der Waals surface area contributed by atoms with Crippen LogP contribution < -0.4 is 5.73 Å². The molecule has 0 spiro atoms. The summed E-state index contributed by atoms with van der Waals surface area (Å²) in [6, 6.07) is 14.0. The largest absolute Gasteiger partial charge is 0.398 e. The second-order valence-electron chi connectivity index (χ2n) is 3.95.